The van der Waals surface area contributed by atoms with Crippen LogP contribution in [0.1, 0.15) is 19.4 Å². The van der Waals surface area contributed by atoms with Crippen molar-refractivity contribution in [1.82, 2.24) is 0 Å². The third-order valence-corrected chi connectivity index (χ3v) is 2.81. The first kappa shape index (κ1) is 10.8. The highest BCUT2D eigenvalue weighted by molar-refractivity contribution is 6.18. The maximum absolute atomic E-state index is 5.92. The van der Waals surface area contributed by atoms with Gasteiger partial charge in [-0.1, -0.05) is 30.3 Å². The predicted molar refractivity (Wildman–Crippen MR) is 66.4 cm³/mol. The second kappa shape index (κ2) is 3.72. The number of amidine groups is 1. The standard InChI is InChI=1S/C12H16N4/c1-12(2)9(8-6-4-3-5-7-8)15-11(14)16-10(12)13/h3-7,11H,14H2,1-2H3,(H2,13,16). The van der Waals surface area contributed by atoms with Gasteiger partial charge in [-0.05, 0) is 19.4 Å². The summed E-state index contributed by atoms with van der Waals surface area (Å²) >= 11 is 0. The Kier molecular flexibility index (Phi) is 2.52. The Bertz CT molecular complexity index is 445. The van der Waals surface area contributed by atoms with E-state index < -0.39 is 6.29 Å². The zero-order chi connectivity index (χ0) is 11.8. The van der Waals surface area contributed by atoms with Crippen LogP contribution in [0.4, 0.5) is 0 Å². The number of nitrogens with two attached hydrogens (primary N) is 2. The molecular weight excluding hydrogens is 200 g/mol. The first-order valence-electron chi connectivity index (χ1n) is 5.25. The normalized spacial score (nSPS) is 23.6. The number of aliphatic imine (C=N–C) groups is 2. The zero-order valence-corrected chi connectivity index (χ0v) is 9.51. The van der Waals surface area contributed by atoms with Crippen molar-refractivity contribution in [3.63, 3.8) is 0 Å². The first-order chi connectivity index (χ1) is 7.51. The Morgan fingerprint density at radius 1 is 1.12 bits per heavy atom. The highest BCUT2D eigenvalue weighted by Crippen LogP contribution is 2.26. The van der Waals surface area contributed by atoms with Crippen LogP contribution in [0.5, 0.6) is 0 Å². The van der Waals surface area contributed by atoms with Gasteiger partial charge < -0.3 is 5.73 Å². The molecule has 0 bridgehead atoms. The van der Waals surface area contributed by atoms with E-state index in [4.69, 9.17) is 11.5 Å². The molecular formula is C12H16N4. The summed E-state index contributed by atoms with van der Waals surface area (Å²) in [6.07, 6.45) is -0.580. The number of hydrogen-bond donors (Lipinski definition) is 2. The molecule has 4 nitrogen and oxygen atoms in total. The highest BCUT2D eigenvalue weighted by atomic mass is 15.2. The maximum Gasteiger partial charge on any atom is 0.193 e. The van der Waals surface area contributed by atoms with Gasteiger partial charge in [0.15, 0.2) is 6.29 Å². The lowest BCUT2D eigenvalue weighted by molar-refractivity contribution is 0.634. The molecule has 1 unspecified atom stereocenters. The lowest BCUT2D eigenvalue weighted by Gasteiger charge is -2.31. The Morgan fingerprint density at radius 2 is 1.75 bits per heavy atom. The van der Waals surface area contributed by atoms with Crippen LogP contribution in [0.3, 0.4) is 0 Å². The molecule has 16 heavy (non-hydrogen) atoms. The minimum absolute atomic E-state index is 0.364. The van der Waals surface area contributed by atoms with Gasteiger partial charge in [0.25, 0.3) is 0 Å². The number of benzene rings is 1. The fraction of sp³-hybridized carbons (Fsp3) is 0.333. The van der Waals surface area contributed by atoms with Crippen LogP contribution < -0.4 is 11.5 Å². The molecule has 4 heteroatoms. The molecule has 0 fully saturated rings. The minimum atomic E-state index is -0.580. The summed E-state index contributed by atoms with van der Waals surface area (Å²) in [6, 6.07) is 9.93. The average Bonchev–Trinajstić information content (AvgIpc) is 2.25. The van der Waals surface area contributed by atoms with E-state index in [9.17, 15) is 0 Å². The van der Waals surface area contributed by atoms with Crippen molar-refractivity contribution in [2.75, 3.05) is 0 Å². The quantitative estimate of drug-likeness (QED) is 0.737. The van der Waals surface area contributed by atoms with E-state index in [1.165, 1.54) is 0 Å². The molecule has 0 amide bonds. The largest absolute Gasteiger partial charge is 0.387 e. The van der Waals surface area contributed by atoms with E-state index in [2.05, 4.69) is 9.98 Å². The summed E-state index contributed by atoms with van der Waals surface area (Å²) in [5.74, 6) is 0.536. The van der Waals surface area contributed by atoms with Gasteiger partial charge in [-0.25, -0.2) is 9.98 Å². The summed E-state index contributed by atoms with van der Waals surface area (Å²) in [7, 11) is 0. The zero-order valence-electron chi connectivity index (χ0n) is 9.51. The van der Waals surface area contributed by atoms with E-state index in [0.29, 0.717) is 5.84 Å². The van der Waals surface area contributed by atoms with Crippen LogP contribution in [0.25, 0.3) is 0 Å². The van der Waals surface area contributed by atoms with Gasteiger partial charge in [0.2, 0.25) is 0 Å². The lowest BCUT2D eigenvalue weighted by atomic mass is 9.81. The smallest absolute Gasteiger partial charge is 0.193 e. The number of hydrogen-bond acceptors (Lipinski definition) is 4. The molecule has 84 valence electrons. The molecule has 1 aliphatic heterocycles. The van der Waals surface area contributed by atoms with Crippen LogP contribution in [-0.2, 0) is 0 Å². The first-order valence-corrected chi connectivity index (χ1v) is 5.25. The van der Waals surface area contributed by atoms with Gasteiger partial charge in [-0.3, -0.25) is 5.73 Å². The summed E-state index contributed by atoms with van der Waals surface area (Å²) in [5.41, 5.74) is 13.2. The van der Waals surface area contributed by atoms with E-state index in [1.54, 1.807) is 0 Å². The summed E-state index contributed by atoms with van der Waals surface area (Å²) in [4.78, 5) is 8.48. The van der Waals surface area contributed by atoms with Gasteiger partial charge >= 0.3 is 0 Å². The predicted octanol–water partition coefficient (Wildman–Crippen LogP) is 1.11. The second-order valence-electron chi connectivity index (χ2n) is 4.40. The molecule has 1 aromatic rings. The van der Waals surface area contributed by atoms with Crippen LogP contribution >= 0.6 is 0 Å². The van der Waals surface area contributed by atoms with Crippen molar-refractivity contribution in [1.29, 1.82) is 0 Å². The van der Waals surface area contributed by atoms with Crippen LogP contribution in [-0.4, -0.2) is 17.8 Å². The van der Waals surface area contributed by atoms with Crippen LogP contribution in [0, 0.1) is 5.41 Å². The Morgan fingerprint density at radius 3 is 2.38 bits per heavy atom. The van der Waals surface area contributed by atoms with E-state index in [0.717, 1.165) is 11.3 Å². The number of rotatable bonds is 1. The third-order valence-electron chi connectivity index (χ3n) is 2.81. The average molecular weight is 216 g/mol. The molecule has 4 N–H and O–H groups in total. The van der Waals surface area contributed by atoms with Gasteiger partial charge in [-0.2, -0.15) is 0 Å². The fourth-order valence-corrected chi connectivity index (χ4v) is 1.78. The molecule has 0 spiro atoms. The molecule has 0 radical (unpaired) electrons. The molecule has 1 aliphatic rings. The van der Waals surface area contributed by atoms with Gasteiger partial charge in [0, 0.05) is 0 Å². The van der Waals surface area contributed by atoms with E-state index >= 15 is 0 Å². The fourth-order valence-electron chi connectivity index (χ4n) is 1.78. The molecule has 0 saturated carbocycles. The van der Waals surface area contributed by atoms with E-state index in [-0.39, 0.29) is 5.41 Å². The molecule has 0 saturated heterocycles. The topological polar surface area (TPSA) is 76.8 Å². The van der Waals surface area contributed by atoms with Crippen molar-refractivity contribution in [3.8, 4) is 0 Å². The van der Waals surface area contributed by atoms with Gasteiger partial charge in [0.1, 0.15) is 5.84 Å². The molecule has 0 aliphatic carbocycles. The van der Waals surface area contributed by atoms with Crippen LogP contribution in [0.15, 0.2) is 40.3 Å². The monoisotopic (exact) mass is 216 g/mol. The Labute approximate surface area is 95.1 Å². The molecule has 1 heterocycles. The molecule has 2 rings (SSSR count). The van der Waals surface area contributed by atoms with Gasteiger partial charge in [-0.15, -0.1) is 0 Å². The highest BCUT2D eigenvalue weighted by Gasteiger charge is 2.34. The SMILES string of the molecule is CC1(C)C(N)=NC(N)N=C1c1ccccc1. The van der Waals surface area contributed by atoms with Crippen molar-refractivity contribution >= 4 is 11.5 Å². The van der Waals surface area contributed by atoms with Crippen molar-refractivity contribution < 1.29 is 0 Å². The Hall–Kier alpha value is -1.68. The summed E-state index contributed by atoms with van der Waals surface area (Å²) < 4.78 is 0. The Balaban J connectivity index is 2.49. The van der Waals surface area contributed by atoms with Crippen molar-refractivity contribution in [2.45, 2.75) is 20.1 Å². The van der Waals surface area contributed by atoms with Crippen molar-refractivity contribution in [2.24, 2.45) is 26.9 Å². The third kappa shape index (κ3) is 1.72. The van der Waals surface area contributed by atoms with Crippen molar-refractivity contribution in [3.05, 3.63) is 35.9 Å². The summed E-state index contributed by atoms with van der Waals surface area (Å²) in [5, 5.41) is 0. The minimum Gasteiger partial charge on any atom is -0.387 e. The molecule has 1 aromatic carbocycles. The summed E-state index contributed by atoms with van der Waals surface area (Å²) in [6.45, 7) is 4.01. The van der Waals surface area contributed by atoms with Gasteiger partial charge in [0.05, 0.1) is 11.1 Å². The maximum atomic E-state index is 5.92. The van der Waals surface area contributed by atoms with Crippen LogP contribution in [0.2, 0.25) is 0 Å². The number of nitrogens with zero attached hydrogens (tertiary/aromatic N) is 2. The molecule has 0 aromatic heterocycles. The molecule has 1 atom stereocenters. The van der Waals surface area contributed by atoms with E-state index in [1.807, 2.05) is 44.2 Å². The lowest BCUT2D eigenvalue weighted by Crippen LogP contribution is -2.45. The second-order valence-corrected chi connectivity index (χ2v) is 4.40.